The van der Waals surface area contributed by atoms with E-state index < -0.39 is 0 Å². The van der Waals surface area contributed by atoms with Gasteiger partial charge in [-0.2, -0.15) is 0 Å². The molecule has 2 aromatic rings. The number of methoxy groups -OCH3 is 1. The van der Waals surface area contributed by atoms with Crippen molar-refractivity contribution in [2.24, 2.45) is 0 Å². The van der Waals surface area contributed by atoms with E-state index in [9.17, 15) is 9.59 Å². The molecule has 0 saturated carbocycles. The van der Waals surface area contributed by atoms with Crippen molar-refractivity contribution < 1.29 is 14.3 Å². The molecule has 29 heavy (non-hydrogen) atoms. The van der Waals surface area contributed by atoms with Crippen LogP contribution in [0.15, 0.2) is 60.7 Å². The van der Waals surface area contributed by atoms with E-state index in [1.54, 1.807) is 31.4 Å². The van der Waals surface area contributed by atoms with Gasteiger partial charge in [0.15, 0.2) is 0 Å². The predicted octanol–water partition coefficient (Wildman–Crippen LogP) is 2.67. The molecule has 0 bridgehead atoms. The molecule has 2 heterocycles. The number of nitrogens with zero attached hydrogens (tertiary/aromatic N) is 3. The van der Waals surface area contributed by atoms with Gasteiger partial charge in [0, 0.05) is 45.0 Å². The Morgan fingerprint density at radius 1 is 0.828 bits per heavy atom. The first-order chi connectivity index (χ1) is 14.2. The Morgan fingerprint density at radius 2 is 1.41 bits per heavy atom. The lowest BCUT2D eigenvalue weighted by molar-refractivity contribution is 0.0672. The molecule has 0 unspecified atom stereocenters. The lowest BCUT2D eigenvalue weighted by atomic mass is 10.1. The van der Waals surface area contributed by atoms with Crippen molar-refractivity contribution in [3.63, 3.8) is 0 Å². The fourth-order valence-electron chi connectivity index (χ4n) is 3.79. The SMILES string of the molecule is COc1ccc(N2CCN(CC=CCN3C(=O)c4ccccc4C3=O)CC2)cc1. The first-order valence-electron chi connectivity index (χ1n) is 9.89. The van der Waals surface area contributed by atoms with Crippen LogP contribution in [-0.4, -0.2) is 68.0 Å². The quantitative estimate of drug-likeness (QED) is 0.560. The molecule has 6 heteroatoms. The molecule has 1 saturated heterocycles. The molecule has 2 aliphatic heterocycles. The van der Waals surface area contributed by atoms with Gasteiger partial charge in [-0.15, -0.1) is 0 Å². The van der Waals surface area contributed by atoms with Crippen molar-refractivity contribution in [2.45, 2.75) is 0 Å². The number of piperazine rings is 1. The third kappa shape index (κ3) is 4.03. The second-order valence-corrected chi connectivity index (χ2v) is 7.22. The maximum Gasteiger partial charge on any atom is 0.261 e. The van der Waals surface area contributed by atoms with Crippen LogP contribution in [0.5, 0.6) is 5.75 Å². The van der Waals surface area contributed by atoms with Gasteiger partial charge >= 0.3 is 0 Å². The van der Waals surface area contributed by atoms with E-state index in [1.165, 1.54) is 10.6 Å². The minimum absolute atomic E-state index is 0.205. The number of hydrogen-bond acceptors (Lipinski definition) is 5. The van der Waals surface area contributed by atoms with Gasteiger partial charge in [0.25, 0.3) is 11.8 Å². The third-order valence-corrected chi connectivity index (χ3v) is 5.51. The van der Waals surface area contributed by atoms with Crippen LogP contribution in [0.3, 0.4) is 0 Å². The zero-order chi connectivity index (χ0) is 20.2. The molecular formula is C23H25N3O3. The molecular weight excluding hydrogens is 366 g/mol. The summed E-state index contributed by atoms with van der Waals surface area (Å²) in [6, 6.07) is 15.2. The number of amides is 2. The van der Waals surface area contributed by atoms with Crippen molar-refractivity contribution in [2.75, 3.05) is 51.3 Å². The van der Waals surface area contributed by atoms with E-state index in [1.807, 2.05) is 24.3 Å². The van der Waals surface area contributed by atoms with Crippen LogP contribution >= 0.6 is 0 Å². The Balaban J connectivity index is 1.24. The zero-order valence-corrected chi connectivity index (χ0v) is 16.6. The van der Waals surface area contributed by atoms with Gasteiger partial charge in [-0.3, -0.25) is 19.4 Å². The Kier molecular flexibility index (Phi) is 5.62. The summed E-state index contributed by atoms with van der Waals surface area (Å²) < 4.78 is 5.22. The topological polar surface area (TPSA) is 53.1 Å². The Morgan fingerprint density at radius 3 is 2.00 bits per heavy atom. The molecule has 0 N–H and O–H groups in total. The van der Waals surface area contributed by atoms with E-state index in [-0.39, 0.29) is 11.8 Å². The van der Waals surface area contributed by atoms with Gasteiger partial charge in [0.05, 0.1) is 18.2 Å². The van der Waals surface area contributed by atoms with E-state index in [0.717, 1.165) is 38.5 Å². The fourth-order valence-corrected chi connectivity index (χ4v) is 3.79. The first-order valence-corrected chi connectivity index (χ1v) is 9.89. The van der Waals surface area contributed by atoms with Gasteiger partial charge in [-0.1, -0.05) is 24.3 Å². The van der Waals surface area contributed by atoms with Gasteiger partial charge in [0.1, 0.15) is 5.75 Å². The number of carbonyl (C=O) groups excluding carboxylic acids is 2. The highest BCUT2D eigenvalue weighted by Gasteiger charge is 2.34. The third-order valence-electron chi connectivity index (χ3n) is 5.51. The van der Waals surface area contributed by atoms with Crippen LogP contribution in [0.1, 0.15) is 20.7 Å². The first kappa shape index (κ1) is 19.2. The molecule has 0 radical (unpaired) electrons. The van der Waals surface area contributed by atoms with Crippen LogP contribution in [-0.2, 0) is 0 Å². The highest BCUT2D eigenvalue weighted by atomic mass is 16.5. The van der Waals surface area contributed by atoms with E-state index in [0.29, 0.717) is 17.7 Å². The second-order valence-electron chi connectivity index (χ2n) is 7.22. The van der Waals surface area contributed by atoms with Crippen LogP contribution in [0.2, 0.25) is 0 Å². The maximum absolute atomic E-state index is 12.4. The fraction of sp³-hybridized carbons (Fsp3) is 0.304. The Bertz CT molecular complexity index is 880. The van der Waals surface area contributed by atoms with Gasteiger partial charge in [-0.25, -0.2) is 0 Å². The number of benzene rings is 2. The van der Waals surface area contributed by atoms with E-state index >= 15 is 0 Å². The summed E-state index contributed by atoms with van der Waals surface area (Å²) in [6.45, 7) is 5.03. The molecule has 0 aromatic heterocycles. The summed E-state index contributed by atoms with van der Waals surface area (Å²) in [4.78, 5) is 30.8. The smallest absolute Gasteiger partial charge is 0.261 e. The van der Waals surface area contributed by atoms with Crippen LogP contribution < -0.4 is 9.64 Å². The van der Waals surface area contributed by atoms with Crippen LogP contribution in [0.25, 0.3) is 0 Å². The number of carbonyl (C=O) groups is 2. The summed E-state index contributed by atoms with van der Waals surface area (Å²) in [5.74, 6) is 0.460. The summed E-state index contributed by atoms with van der Waals surface area (Å²) in [5.41, 5.74) is 2.22. The Labute approximate surface area is 171 Å². The lowest BCUT2D eigenvalue weighted by Gasteiger charge is -2.35. The number of ether oxygens (including phenoxy) is 1. The normalized spacial score (nSPS) is 17.3. The average Bonchev–Trinajstić information content (AvgIpc) is 3.02. The summed E-state index contributed by atoms with van der Waals surface area (Å²) in [7, 11) is 1.68. The number of imide groups is 1. The summed E-state index contributed by atoms with van der Waals surface area (Å²) in [6.07, 6.45) is 3.96. The molecule has 2 aliphatic rings. The van der Waals surface area contributed by atoms with Crippen molar-refractivity contribution in [1.29, 1.82) is 0 Å². The van der Waals surface area contributed by atoms with Gasteiger partial charge in [0.2, 0.25) is 0 Å². The monoisotopic (exact) mass is 391 g/mol. The molecule has 0 spiro atoms. The zero-order valence-electron chi connectivity index (χ0n) is 16.6. The second kappa shape index (κ2) is 8.49. The molecule has 1 fully saturated rings. The molecule has 4 rings (SSSR count). The number of anilines is 1. The maximum atomic E-state index is 12.4. The van der Waals surface area contributed by atoms with Crippen molar-refractivity contribution >= 4 is 17.5 Å². The van der Waals surface area contributed by atoms with Crippen molar-refractivity contribution in [3.8, 4) is 5.75 Å². The van der Waals surface area contributed by atoms with Gasteiger partial charge in [-0.05, 0) is 36.4 Å². The Hall–Kier alpha value is -3.12. The van der Waals surface area contributed by atoms with Crippen LogP contribution in [0.4, 0.5) is 5.69 Å². The summed E-state index contributed by atoms with van der Waals surface area (Å²) >= 11 is 0. The highest BCUT2D eigenvalue weighted by molar-refractivity contribution is 6.21. The molecule has 6 nitrogen and oxygen atoms in total. The van der Waals surface area contributed by atoms with Gasteiger partial charge < -0.3 is 9.64 Å². The van der Waals surface area contributed by atoms with Crippen molar-refractivity contribution in [1.82, 2.24) is 9.80 Å². The largest absolute Gasteiger partial charge is 0.497 e. The molecule has 150 valence electrons. The van der Waals surface area contributed by atoms with E-state index in [4.69, 9.17) is 4.74 Å². The van der Waals surface area contributed by atoms with Crippen LogP contribution in [0, 0.1) is 0 Å². The minimum Gasteiger partial charge on any atom is -0.497 e. The molecule has 2 amide bonds. The number of rotatable bonds is 6. The highest BCUT2D eigenvalue weighted by Crippen LogP contribution is 2.22. The lowest BCUT2D eigenvalue weighted by Crippen LogP contribution is -2.46. The summed E-state index contributed by atoms with van der Waals surface area (Å²) in [5, 5.41) is 0. The molecule has 2 aromatic carbocycles. The van der Waals surface area contributed by atoms with E-state index in [2.05, 4.69) is 21.9 Å². The number of hydrogen-bond donors (Lipinski definition) is 0. The minimum atomic E-state index is -0.205. The standard InChI is InChI=1S/C23H25N3O3/c1-29-19-10-8-18(9-11-19)25-16-14-24(15-17-25)12-4-5-13-26-22(27)20-6-2-3-7-21(20)23(26)28/h2-11H,12-17H2,1H3. The molecule has 0 aliphatic carbocycles. The predicted molar refractivity (Wildman–Crippen MR) is 113 cm³/mol. The average molecular weight is 391 g/mol. The number of fused-ring (bicyclic) bond motifs is 1. The molecule has 0 atom stereocenters. The van der Waals surface area contributed by atoms with Crippen molar-refractivity contribution in [3.05, 3.63) is 71.8 Å².